The standard InChI is InChI=1S/C16H10BrNO6/c17-13-9-11(16(20)21)5-6-14(13)24-15(19)7-4-10-2-1-3-12(8-10)18(22)23/h1-9H,(H,20,21)/b7-4+. The molecule has 0 atom stereocenters. The van der Waals surface area contributed by atoms with Crippen LogP contribution in [-0.2, 0) is 4.79 Å². The lowest BCUT2D eigenvalue weighted by atomic mass is 10.2. The molecule has 0 unspecified atom stereocenters. The summed E-state index contributed by atoms with van der Waals surface area (Å²) in [5.41, 5.74) is 0.438. The number of ether oxygens (including phenoxy) is 1. The number of non-ortho nitro benzene ring substituents is 1. The van der Waals surface area contributed by atoms with E-state index >= 15 is 0 Å². The van der Waals surface area contributed by atoms with E-state index in [9.17, 15) is 19.7 Å². The van der Waals surface area contributed by atoms with E-state index in [2.05, 4.69) is 15.9 Å². The van der Waals surface area contributed by atoms with Crippen LogP contribution in [0.3, 0.4) is 0 Å². The molecule has 0 aromatic heterocycles. The molecule has 0 spiro atoms. The summed E-state index contributed by atoms with van der Waals surface area (Å²) in [7, 11) is 0. The van der Waals surface area contributed by atoms with Gasteiger partial charge in [-0.25, -0.2) is 9.59 Å². The molecular weight excluding hydrogens is 382 g/mol. The van der Waals surface area contributed by atoms with Crippen LogP contribution in [0.1, 0.15) is 15.9 Å². The number of carboxylic acids is 1. The minimum atomic E-state index is -1.10. The lowest BCUT2D eigenvalue weighted by Gasteiger charge is -2.05. The highest BCUT2D eigenvalue weighted by Gasteiger charge is 2.10. The number of benzene rings is 2. The maximum Gasteiger partial charge on any atom is 0.336 e. The smallest absolute Gasteiger partial charge is 0.336 e. The van der Waals surface area contributed by atoms with Gasteiger partial charge < -0.3 is 9.84 Å². The second-order valence-electron chi connectivity index (χ2n) is 4.56. The number of carbonyl (C=O) groups excluding carboxylic acids is 1. The number of nitro benzene ring substituents is 1. The minimum Gasteiger partial charge on any atom is -0.478 e. The van der Waals surface area contributed by atoms with E-state index < -0.39 is 16.9 Å². The molecular formula is C16H10BrNO6. The number of nitrogens with zero attached hydrogens (tertiary/aromatic N) is 1. The minimum absolute atomic E-state index is 0.0498. The fraction of sp³-hybridized carbons (Fsp3) is 0. The highest BCUT2D eigenvalue weighted by Crippen LogP contribution is 2.26. The van der Waals surface area contributed by atoms with Crippen LogP contribution in [0.5, 0.6) is 5.75 Å². The fourth-order valence-electron chi connectivity index (χ4n) is 1.77. The number of hydrogen-bond acceptors (Lipinski definition) is 5. The Labute approximate surface area is 144 Å². The monoisotopic (exact) mass is 391 g/mol. The molecule has 0 fully saturated rings. The molecule has 8 heteroatoms. The van der Waals surface area contributed by atoms with Gasteiger partial charge in [-0.05, 0) is 45.8 Å². The third kappa shape index (κ3) is 4.50. The van der Waals surface area contributed by atoms with Gasteiger partial charge in [0.15, 0.2) is 0 Å². The molecule has 1 N–H and O–H groups in total. The Hall–Kier alpha value is -3.00. The van der Waals surface area contributed by atoms with Crippen molar-refractivity contribution in [2.45, 2.75) is 0 Å². The summed E-state index contributed by atoms with van der Waals surface area (Å²) in [6, 6.07) is 9.75. The van der Waals surface area contributed by atoms with Crippen LogP contribution in [0.2, 0.25) is 0 Å². The molecule has 0 saturated carbocycles. The molecule has 7 nitrogen and oxygen atoms in total. The summed E-state index contributed by atoms with van der Waals surface area (Å²) in [5.74, 6) is -1.64. The maximum absolute atomic E-state index is 11.8. The van der Waals surface area contributed by atoms with Crippen molar-refractivity contribution in [3.63, 3.8) is 0 Å². The van der Waals surface area contributed by atoms with E-state index in [0.717, 1.165) is 6.08 Å². The van der Waals surface area contributed by atoms with Crippen LogP contribution in [0.4, 0.5) is 5.69 Å². The van der Waals surface area contributed by atoms with Crippen molar-refractivity contribution in [2.24, 2.45) is 0 Å². The molecule has 0 aliphatic heterocycles. The highest BCUT2D eigenvalue weighted by molar-refractivity contribution is 9.10. The van der Waals surface area contributed by atoms with E-state index in [4.69, 9.17) is 9.84 Å². The summed E-state index contributed by atoms with van der Waals surface area (Å²) in [6.45, 7) is 0. The third-order valence-corrected chi connectivity index (χ3v) is 3.50. The van der Waals surface area contributed by atoms with E-state index in [1.165, 1.54) is 42.5 Å². The number of carboxylic acid groups (broad SMARTS) is 1. The van der Waals surface area contributed by atoms with Crippen LogP contribution in [0, 0.1) is 10.1 Å². The quantitative estimate of drug-likeness (QED) is 0.274. The number of aromatic carboxylic acids is 1. The normalized spacial score (nSPS) is 10.5. The molecule has 2 aromatic carbocycles. The van der Waals surface area contributed by atoms with Gasteiger partial charge in [0.25, 0.3) is 5.69 Å². The number of rotatable bonds is 5. The second kappa shape index (κ2) is 7.51. The van der Waals surface area contributed by atoms with Crippen LogP contribution < -0.4 is 4.74 Å². The Bertz CT molecular complexity index is 846. The molecule has 2 rings (SSSR count). The molecule has 0 radical (unpaired) electrons. The van der Waals surface area contributed by atoms with Gasteiger partial charge in [0.05, 0.1) is 15.0 Å². The molecule has 0 aliphatic carbocycles. The van der Waals surface area contributed by atoms with Gasteiger partial charge in [0, 0.05) is 18.2 Å². The Morgan fingerprint density at radius 3 is 2.58 bits per heavy atom. The number of esters is 1. The van der Waals surface area contributed by atoms with Gasteiger partial charge in [0.2, 0.25) is 0 Å². The van der Waals surface area contributed by atoms with Gasteiger partial charge >= 0.3 is 11.9 Å². The van der Waals surface area contributed by atoms with E-state index in [0.29, 0.717) is 10.0 Å². The average Bonchev–Trinajstić information content (AvgIpc) is 2.55. The molecule has 24 heavy (non-hydrogen) atoms. The Morgan fingerprint density at radius 1 is 1.21 bits per heavy atom. The van der Waals surface area contributed by atoms with Crippen molar-refractivity contribution in [2.75, 3.05) is 0 Å². The Morgan fingerprint density at radius 2 is 1.96 bits per heavy atom. The topological polar surface area (TPSA) is 107 Å². The van der Waals surface area contributed by atoms with Gasteiger partial charge in [-0.3, -0.25) is 10.1 Å². The van der Waals surface area contributed by atoms with Gasteiger partial charge in [-0.1, -0.05) is 12.1 Å². The molecule has 122 valence electrons. The number of carbonyl (C=O) groups is 2. The predicted octanol–water partition coefficient (Wildman–Crippen LogP) is 3.67. The van der Waals surface area contributed by atoms with Crippen molar-refractivity contribution in [3.8, 4) is 5.75 Å². The number of nitro groups is 1. The zero-order valence-electron chi connectivity index (χ0n) is 12.0. The van der Waals surface area contributed by atoms with Crippen LogP contribution in [0.25, 0.3) is 6.08 Å². The summed E-state index contributed by atoms with van der Waals surface area (Å²) < 4.78 is 5.40. The van der Waals surface area contributed by atoms with Crippen molar-refractivity contribution < 1.29 is 24.4 Å². The summed E-state index contributed by atoms with van der Waals surface area (Å²) >= 11 is 3.13. The molecule has 0 heterocycles. The SMILES string of the molecule is O=C(/C=C/c1cccc([N+](=O)[O-])c1)Oc1ccc(C(=O)O)cc1Br. The predicted molar refractivity (Wildman–Crippen MR) is 88.9 cm³/mol. The van der Waals surface area contributed by atoms with E-state index in [1.807, 2.05) is 0 Å². The molecule has 2 aromatic rings. The lowest BCUT2D eigenvalue weighted by Crippen LogP contribution is -2.05. The first-order valence-electron chi connectivity index (χ1n) is 6.54. The van der Waals surface area contributed by atoms with E-state index in [1.54, 1.807) is 6.07 Å². The van der Waals surface area contributed by atoms with Crippen molar-refractivity contribution in [3.05, 3.63) is 74.3 Å². The second-order valence-corrected chi connectivity index (χ2v) is 5.41. The largest absolute Gasteiger partial charge is 0.478 e. The van der Waals surface area contributed by atoms with Crippen LogP contribution >= 0.6 is 15.9 Å². The number of hydrogen-bond donors (Lipinski definition) is 1. The van der Waals surface area contributed by atoms with Crippen molar-refractivity contribution >= 4 is 39.6 Å². The van der Waals surface area contributed by atoms with E-state index in [-0.39, 0.29) is 17.0 Å². The molecule has 0 saturated heterocycles. The Balaban J connectivity index is 2.09. The average molecular weight is 392 g/mol. The Kier molecular flexibility index (Phi) is 5.43. The zero-order valence-corrected chi connectivity index (χ0v) is 13.6. The first kappa shape index (κ1) is 17.4. The van der Waals surface area contributed by atoms with Crippen LogP contribution in [-0.4, -0.2) is 22.0 Å². The molecule has 0 amide bonds. The molecule has 0 bridgehead atoms. The van der Waals surface area contributed by atoms with Gasteiger partial charge in [-0.2, -0.15) is 0 Å². The highest BCUT2D eigenvalue weighted by atomic mass is 79.9. The fourth-order valence-corrected chi connectivity index (χ4v) is 2.23. The third-order valence-electron chi connectivity index (χ3n) is 2.88. The van der Waals surface area contributed by atoms with Crippen molar-refractivity contribution in [1.82, 2.24) is 0 Å². The number of halogens is 1. The lowest BCUT2D eigenvalue weighted by molar-refractivity contribution is -0.384. The first-order chi connectivity index (χ1) is 11.4. The van der Waals surface area contributed by atoms with Crippen LogP contribution in [0.15, 0.2) is 53.0 Å². The summed E-state index contributed by atoms with van der Waals surface area (Å²) in [4.78, 5) is 32.8. The van der Waals surface area contributed by atoms with Gasteiger partial charge in [0.1, 0.15) is 5.75 Å². The van der Waals surface area contributed by atoms with Crippen molar-refractivity contribution in [1.29, 1.82) is 0 Å². The maximum atomic E-state index is 11.8. The summed E-state index contributed by atoms with van der Waals surface area (Å²) in [6.07, 6.45) is 2.51. The zero-order chi connectivity index (χ0) is 17.7. The first-order valence-corrected chi connectivity index (χ1v) is 7.33. The van der Waals surface area contributed by atoms with Gasteiger partial charge in [-0.15, -0.1) is 0 Å². The summed E-state index contributed by atoms with van der Waals surface area (Å²) in [5, 5.41) is 19.6. The molecule has 0 aliphatic rings.